The number of aromatic nitrogens is 2. The highest BCUT2D eigenvalue weighted by molar-refractivity contribution is 7.10. The third-order valence-corrected chi connectivity index (χ3v) is 9.33. The summed E-state index contributed by atoms with van der Waals surface area (Å²) in [5.74, 6) is -1.64. The molecule has 2 aromatic rings. The van der Waals surface area contributed by atoms with E-state index in [1.807, 2.05) is 26.2 Å². The summed E-state index contributed by atoms with van der Waals surface area (Å²) in [5.41, 5.74) is 1.04. The summed E-state index contributed by atoms with van der Waals surface area (Å²) < 4.78 is 5.66. The minimum Gasteiger partial charge on any atom is -0.481 e. The molecule has 0 aliphatic heterocycles. The molecule has 10 nitrogen and oxygen atoms in total. The highest BCUT2D eigenvalue weighted by atomic mass is 32.1. The van der Waals surface area contributed by atoms with Crippen LogP contribution in [0.25, 0.3) is 0 Å². The molecule has 4 atom stereocenters. The summed E-state index contributed by atoms with van der Waals surface area (Å²) in [6.07, 6.45) is 4.10. The first kappa shape index (κ1) is 32.7. The topological polar surface area (TPSA) is 139 Å². The number of thiazole rings is 2. The van der Waals surface area contributed by atoms with Crippen LogP contribution in [0.5, 0.6) is 0 Å². The number of hydrogen-bond acceptors (Lipinski definition) is 9. The lowest BCUT2D eigenvalue weighted by atomic mass is 9.96. The van der Waals surface area contributed by atoms with Crippen molar-refractivity contribution >= 4 is 46.4 Å². The lowest BCUT2D eigenvalue weighted by molar-refractivity contribution is -0.148. The van der Waals surface area contributed by atoms with Crippen LogP contribution in [0.15, 0.2) is 10.8 Å². The van der Waals surface area contributed by atoms with Crippen molar-refractivity contribution in [3.63, 3.8) is 0 Å². The van der Waals surface area contributed by atoms with Crippen LogP contribution in [0.4, 0.5) is 0 Å². The number of carboxylic acid groups (broad SMARTS) is 1. The number of carbonyl (C=O) groups is 4. The van der Waals surface area contributed by atoms with Crippen LogP contribution in [0, 0.1) is 24.7 Å². The number of carbonyl (C=O) groups excluding carboxylic acids is 3. The molecule has 1 fully saturated rings. The molecule has 1 aliphatic carbocycles. The molecule has 3 rings (SSSR count). The van der Waals surface area contributed by atoms with Gasteiger partial charge in [0.25, 0.3) is 5.91 Å². The van der Waals surface area contributed by atoms with Gasteiger partial charge in [-0.3, -0.25) is 19.2 Å². The standard InChI is InChI=1S/C29H42N4O6S2/c1-16(2)23(33(6)26(35)10-9-20-7-8-20)13-24(39-19(5)34)28-32-22(15-41-28)27(36)31-21(11-17(3)29(37)38)12-25-30-18(4)14-40-25/h14-17,20-21,23-24H,7-13H2,1-6H3,(H,31,36)(H,37,38)/t17-,21+,23?,24?/m0/s1. The molecular weight excluding hydrogens is 564 g/mol. The van der Waals surface area contributed by atoms with Crippen molar-refractivity contribution in [1.29, 1.82) is 0 Å². The lowest BCUT2D eigenvalue weighted by Gasteiger charge is -2.33. The predicted octanol–water partition coefficient (Wildman–Crippen LogP) is 5.03. The minimum absolute atomic E-state index is 0.0773. The summed E-state index contributed by atoms with van der Waals surface area (Å²) in [4.78, 5) is 60.4. The lowest BCUT2D eigenvalue weighted by Crippen LogP contribution is -2.41. The van der Waals surface area contributed by atoms with Gasteiger partial charge in [-0.25, -0.2) is 9.97 Å². The fourth-order valence-electron chi connectivity index (χ4n) is 4.82. The zero-order valence-corrected chi connectivity index (χ0v) is 26.3. The molecule has 226 valence electrons. The number of nitrogens with zero attached hydrogens (tertiary/aromatic N) is 3. The monoisotopic (exact) mass is 606 g/mol. The van der Waals surface area contributed by atoms with E-state index >= 15 is 0 Å². The average molecular weight is 607 g/mol. The van der Waals surface area contributed by atoms with Crippen LogP contribution in [-0.4, -0.2) is 62.9 Å². The van der Waals surface area contributed by atoms with Gasteiger partial charge in [0.15, 0.2) is 6.10 Å². The van der Waals surface area contributed by atoms with E-state index in [2.05, 4.69) is 15.3 Å². The summed E-state index contributed by atoms with van der Waals surface area (Å²) in [6, 6.07) is -0.634. The van der Waals surface area contributed by atoms with Gasteiger partial charge in [-0.2, -0.15) is 0 Å². The molecule has 2 aromatic heterocycles. The Labute approximate surface area is 249 Å². The van der Waals surface area contributed by atoms with Gasteiger partial charge in [0.05, 0.1) is 10.9 Å². The molecule has 0 spiro atoms. The van der Waals surface area contributed by atoms with Gasteiger partial charge in [0.1, 0.15) is 10.7 Å². The van der Waals surface area contributed by atoms with Crippen LogP contribution in [0.2, 0.25) is 0 Å². The number of rotatable bonds is 16. The highest BCUT2D eigenvalue weighted by Crippen LogP contribution is 2.34. The van der Waals surface area contributed by atoms with Crippen LogP contribution >= 0.6 is 22.7 Å². The first-order valence-electron chi connectivity index (χ1n) is 14.2. The Bertz CT molecular complexity index is 1210. The molecule has 2 N–H and O–H groups in total. The van der Waals surface area contributed by atoms with E-state index in [9.17, 15) is 24.3 Å². The smallest absolute Gasteiger partial charge is 0.306 e. The second kappa shape index (κ2) is 14.9. The zero-order valence-electron chi connectivity index (χ0n) is 24.7. The Morgan fingerprint density at radius 1 is 1.12 bits per heavy atom. The number of hydrogen-bond donors (Lipinski definition) is 2. The number of ether oxygens (including phenoxy) is 1. The van der Waals surface area contributed by atoms with Crippen molar-refractivity contribution in [2.24, 2.45) is 17.8 Å². The minimum atomic E-state index is -0.935. The molecule has 0 saturated heterocycles. The molecule has 41 heavy (non-hydrogen) atoms. The number of esters is 1. The predicted molar refractivity (Wildman–Crippen MR) is 158 cm³/mol. The maximum atomic E-state index is 13.2. The molecule has 12 heteroatoms. The number of aryl methyl sites for hydroxylation is 1. The van der Waals surface area contributed by atoms with E-state index in [1.54, 1.807) is 24.3 Å². The molecule has 0 bridgehead atoms. The fourth-order valence-corrected chi connectivity index (χ4v) is 6.51. The second-order valence-electron chi connectivity index (χ2n) is 11.4. The average Bonchev–Trinajstić information content (AvgIpc) is 3.43. The van der Waals surface area contributed by atoms with Crippen LogP contribution < -0.4 is 5.32 Å². The zero-order chi connectivity index (χ0) is 30.3. The van der Waals surface area contributed by atoms with E-state index in [1.165, 1.54) is 42.4 Å². The Hall–Kier alpha value is -2.86. The highest BCUT2D eigenvalue weighted by Gasteiger charge is 2.32. The first-order valence-corrected chi connectivity index (χ1v) is 15.9. The van der Waals surface area contributed by atoms with Crippen molar-refractivity contribution in [3.05, 3.63) is 32.2 Å². The Morgan fingerprint density at radius 3 is 2.39 bits per heavy atom. The second-order valence-corrected chi connectivity index (χ2v) is 13.3. The van der Waals surface area contributed by atoms with Crippen molar-refractivity contribution < 1.29 is 29.0 Å². The van der Waals surface area contributed by atoms with Gasteiger partial charge >= 0.3 is 11.9 Å². The normalized spacial score (nSPS) is 16.1. The Balaban J connectivity index is 1.73. The summed E-state index contributed by atoms with van der Waals surface area (Å²) in [7, 11) is 1.80. The SMILES string of the molecule is CC(=O)OC(CC(C(C)C)N(C)C(=O)CCC1CC1)c1nc(C(=O)N[C@@H](Cc2nc(C)cs2)C[C@H](C)C(=O)O)cs1. The first-order chi connectivity index (χ1) is 19.3. The summed E-state index contributed by atoms with van der Waals surface area (Å²) >= 11 is 2.69. The maximum Gasteiger partial charge on any atom is 0.306 e. The maximum absolute atomic E-state index is 13.2. The van der Waals surface area contributed by atoms with Crippen LogP contribution in [0.1, 0.15) is 98.5 Å². The van der Waals surface area contributed by atoms with E-state index in [0.29, 0.717) is 30.2 Å². The van der Waals surface area contributed by atoms with Crippen molar-refractivity contribution in [1.82, 2.24) is 20.2 Å². The van der Waals surface area contributed by atoms with Gasteiger partial charge in [0.2, 0.25) is 5.91 Å². The molecule has 0 aromatic carbocycles. The van der Waals surface area contributed by atoms with Gasteiger partial charge in [-0.1, -0.05) is 33.6 Å². The molecule has 2 unspecified atom stereocenters. The summed E-state index contributed by atoms with van der Waals surface area (Å²) in [5, 5.41) is 17.2. The number of aliphatic carboxylic acids is 1. The summed E-state index contributed by atoms with van der Waals surface area (Å²) in [6.45, 7) is 8.89. The molecule has 2 amide bonds. The fraction of sp³-hybridized carbons (Fsp3) is 0.655. The quantitative estimate of drug-likeness (QED) is 0.254. The van der Waals surface area contributed by atoms with E-state index in [-0.39, 0.29) is 30.0 Å². The molecule has 0 radical (unpaired) electrons. The Kier molecular flexibility index (Phi) is 11.8. The van der Waals surface area contributed by atoms with Gasteiger partial charge in [-0.15, -0.1) is 22.7 Å². The number of amides is 2. The van der Waals surface area contributed by atoms with Crippen molar-refractivity contribution in [2.75, 3.05) is 7.05 Å². The molecule has 1 saturated carbocycles. The third-order valence-electron chi connectivity index (χ3n) is 7.40. The van der Waals surface area contributed by atoms with Crippen LogP contribution in [0.3, 0.4) is 0 Å². The molecule has 2 heterocycles. The third kappa shape index (κ3) is 10.2. The number of carboxylic acids is 1. The van der Waals surface area contributed by atoms with Crippen LogP contribution in [-0.2, 0) is 25.5 Å². The largest absolute Gasteiger partial charge is 0.481 e. The van der Waals surface area contributed by atoms with E-state index in [4.69, 9.17) is 4.74 Å². The van der Waals surface area contributed by atoms with Crippen molar-refractivity contribution in [3.8, 4) is 0 Å². The Morgan fingerprint density at radius 2 is 1.83 bits per heavy atom. The van der Waals surface area contributed by atoms with E-state index < -0.39 is 35.9 Å². The molecular formula is C29H42N4O6S2. The van der Waals surface area contributed by atoms with Gasteiger partial charge in [-0.05, 0) is 31.6 Å². The van der Waals surface area contributed by atoms with Crippen molar-refractivity contribution in [2.45, 2.75) is 97.8 Å². The van der Waals surface area contributed by atoms with Gasteiger partial charge in [0, 0.05) is 61.8 Å². The molecule has 1 aliphatic rings. The van der Waals surface area contributed by atoms with E-state index in [0.717, 1.165) is 17.1 Å². The van der Waals surface area contributed by atoms with Gasteiger partial charge < -0.3 is 20.1 Å². The number of nitrogens with one attached hydrogen (secondary N) is 1.